The lowest BCUT2D eigenvalue weighted by Crippen LogP contribution is -2.20. The maximum atomic E-state index is 12.9. The molecular formula is C19H19ClFNO2. The first kappa shape index (κ1) is 18.2. The summed E-state index contributed by atoms with van der Waals surface area (Å²) in [5.74, 6) is 1.20. The van der Waals surface area contributed by atoms with E-state index in [1.165, 1.54) is 12.1 Å². The van der Waals surface area contributed by atoms with E-state index >= 15 is 0 Å². The van der Waals surface area contributed by atoms with Crippen molar-refractivity contribution >= 4 is 12.4 Å². The van der Waals surface area contributed by atoms with Gasteiger partial charge in [-0.25, -0.2) is 4.39 Å². The van der Waals surface area contributed by atoms with E-state index in [1.807, 2.05) is 42.5 Å². The van der Waals surface area contributed by atoms with Gasteiger partial charge in [-0.05, 0) is 42.0 Å². The summed E-state index contributed by atoms with van der Waals surface area (Å²) in [5, 5.41) is 13.2. The van der Waals surface area contributed by atoms with Crippen molar-refractivity contribution in [2.75, 3.05) is 6.54 Å². The van der Waals surface area contributed by atoms with Crippen LogP contribution in [0.15, 0.2) is 71.1 Å². The number of benzene rings is 2. The molecule has 5 heteroatoms. The minimum absolute atomic E-state index is 0. The van der Waals surface area contributed by atoms with Gasteiger partial charge in [-0.2, -0.15) is 0 Å². The number of halogens is 2. The summed E-state index contributed by atoms with van der Waals surface area (Å²) >= 11 is 0. The largest absolute Gasteiger partial charge is 0.460 e. The molecule has 1 atom stereocenters. The van der Waals surface area contributed by atoms with Gasteiger partial charge in [0.05, 0.1) is 12.6 Å². The monoisotopic (exact) mass is 347 g/mol. The molecule has 1 unspecified atom stereocenters. The van der Waals surface area contributed by atoms with Gasteiger partial charge in [0.2, 0.25) is 0 Å². The Bertz CT molecular complexity index is 744. The van der Waals surface area contributed by atoms with E-state index in [0.717, 1.165) is 16.9 Å². The van der Waals surface area contributed by atoms with Gasteiger partial charge in [0.1, 0.15) is 17.3 Å². The number of nitrogens with one attached hydrogen (secondary N) is 1. The molecule has 0 aliphatic carbocycles. The van der Waals surface area contributed by atoms with Crippen LogP contribution in [-0.2, 0) is 6.54 Å². The number of rotatable bonds is 6. The lowest BCUT2D eigenvalue weighted by molar-refractivity contribution is 0.173. The molecule has 126 valence electrons. The summed E-state index contributed by atoms with van der Waals surface area (Å²) < 4.78 is 18.7. The molecule has 1 heterocycles. The van der Waals surface area contributed by atoms with Crippen LogP contribution in [0.25, 0.3) is 11.3 Å². The van der Waals surface area contributed by atoms with Crippen molar-refractivity contribution in [2.24, 2.45) is 0 Å². The smallest absolute Gasteiger partial charge is 0.134 e. The second-order valence-electron chi connectivity index (χ2n) is 5.33. The lowest BCUT2D eigenvalue weighted by atomic mass is 10.1. The highest BCUT2D eigenvalue weighted by Gasteiger charge is 2.08. The third kappa shape index (κ3) is 4.68. The van der Waals surface area contributed by atoms with Crippen LogP contribution >= 0.6 is 12.4 Å². The van der Waals surface area contributed by atoms with Crippen molar-refractivity contribution in [1.29, 1.82) is 0 Å². The fourth-order valence-electron chi connectivity index (χ4n) is 2.37. The Morgan fingerprint density at radius 2 is 1.67 bits per heavy atom. The molecule has 1 aromatic heterocycles. The number of hydrogen-bond donors (Lipinski definition) is 2. The highest BCUT2D eigenvalue weighted by Crippen LogP contribution is 2.22. The SMILES string of the molecule is Cl.OC(CNCc1ccc(-c2ccc(F)cc2)o1)c1ccccc1. The van der Waals surface area contributed by atoms with E-state index in [1.54, 1.807) is 12.1 Å². The fraction of sp³-hybridized carbons (Fsp3) is 0.158. The Morgan fingerprint density at radius 1 is 0.958 bits per heavy atom. The van der Waals surface area contributed by atoms with Gasteiger partial charge in [-0.3, -0.25) is 0 Å². The predicted octanol–water partition coefficient (Wildman–Crippen LogP) is 4.33. The molecule has 0 aliphatic heterocycles. The van der Waals surface area contributed by atoms with Crippen LogP contribution in [0, 0.1) is 5.82 Å². The van der Waals surface area contributed by atoms with Gasteiger partial charge in [-0.1, -0.05) is 30.3 Å². The van der Waals surface area contributed by atoms with Crippen LogP contribution in [0.4, 0.5) is 4.39 Å². The first-order valence-electron chi connectivity index (χ1n) is 7.51. The molecule has 0 saturated carbocycles. The summed E-state index contributed by atoms with van der Waals surface area (Å²) in [5.41, 5.74) is 1.72. The summed E-state index contributed by atoms with van der Waals surface area (Å²) in [6, 6.07) is 19.4. The van der Waals surface area contributed by atoms with E-state index < -0.39 is 6.10 Å². The van der Waals surface area contributed by atoms with Crippen LogP contribution in [0.3, 0.4) is 0 Å². The standard InChI is InChI=1S/C19H18FNO2.ClH/c20-16-8-6-15(7-9-16)19-11-10-17(23-19)12-21-13-18(22)14-4-2-1-3-5-14;/h1-11,18,21-22H,12-13H2;1H. The van der Waals surface area contributed by atoms with Crippen molar-refractivity contribution < 1.29 is 13.9 Å². The highest BCUT2D eigenvalue weighted by atomic mass is 35.5. The molecule has 3 nitrogen and oxygen atoms in total. The normalized spacial score (nSPS) is 11.8. The molecule has 0 radical (unpaired) electrons. The van der Waals surface area contributed by atoms with E-state index in [4.69, 9.17) is 4.42 Å². The molecule has 0 spiro atoms. The molecule has 0 amide bonds. The Hall–Kier alpha value is -2.14. The molecule has 3 aromatic rings. The van der Waals surface area contributed by atoms with Gasteiger partial charge in [-0.15, -0.1) is 12.4 Å². The number of aliphatic hydroxyl groups excluding tert-OH is 1. The van der Waals surface area contributed by atoms with Gasteiger partial charge in [0.25, 0.3) is 0 Å². The van der Waals surface area contributed by atoms with Crippen LogP contribution in [-0.4, -0.2) is 11.7 Å². The third-order valence-electron chi connectivity index (χ3n) is 3.61. The number of aliphatic hydroxyl groups is 1. The lowest BCUT2D eigenvalue weighted by Gasteiger charge is -2.11. The molecule has 2 N–H and O–H groups in total. The van der Waals surface area contributed by atoms with E-state index in [0.29, 0.717) is 18.8 Å². The quantitative estimate of drug-likeness (QED) is 0.697. The van der Waals surface area contributed by atoms with Crippen molar-refractivity contribution in [3.8, 4) is 11.3 Å². The van der Waals surface area contributed by atoms with Crippen molar-refractivity contribution in [2.45, 2.75) is 12.6 Å². The van der Waals surface area contributed by atoms with Crippen LogP contribution in [0.1, 0.15) is 17.4 Å². The zero-order chi connectivity index (χ0) is 16.1. The van der Waals surface area contributed by atoms with Crippen molar-refractivity contribution in [3.63, 3.8) is 0 Å². The molecule has 0 fully saturated rings. The molecule has 2 aromatic carbocycles. The Morgan fingerprint density at radius 3 is 2.38 bits per heavy atom. The maximum absolute atomic E-state index is 12.9. The Labute approximate surface area is 146 Å². The van der Waals surface area contributed by atoms with Gasteiger partial charge in [0, 0.05) is 12.1 Å². The summed E-state index contributed by atoms with van der Waals surface area (Å²) in [6.45, 7) is 0.960. The van der Waals surface area contributed by atoms with E-state index in [2.05, 4.69) is 5.32 Å². The summed E-state index contributed by atoms with van der Waals surface area (Å²) in [6.07, 6.45) is -0.553. The van der Waals surface area contributed by atoms with Gasteiger partial charge < -0.3 is 14.8 Å². The van der Waals surface area contributed by atoms with Crippen molar-refractivity contribution in [3.05, 3.63) is 83.9 Å². The topological polar surface area (TPSA) is 45.4 Å². The average molecular weight is 348 g/mol. The Kier molecular flexibility index (Phi) is 6.55. The molecule has 0 saturated heterocycles. The van der Waals surface area contributed by atoms with Crippen LogP contribution in [0.5, 0.6) is 0 Å². The van der Waals surface area contributed by atoms with Crippen LogP contribution < -0.4 is 5.32 Å². The minimum atomic E-state index is -0.553. The minimum Gasteiger partial charge on any atom is -0.460 e. The van der Waals surface area contributed by atoms with Crippen molar-refractivity contribution in [1.82, 2.24) is 5.32 Å². The van der Waals surface area contributed by atoms with E-state index in [9.17, 15) is 9.50 Å². The predicted molar refractivity (Wildman–Crippen MR) is 94.5 cm³/mol. The van der Waals surface area contributed by atoms with Gasteiger partial charge in [0.15, 0.2) is 0 Å². The first-order valence-corrected chi connectivity index (χ1v) is 7.51. The van der Waals surface area contributed by atoms with Crippen LogP contribution in [0.2, 0.25) is 0 Å². The maximum Gasteiger partial charge on any atom is 0.134 e. The second-order valence-corrected chi connectivity index (χ2v) is 5.33. The number of furan rings is 1. The Balaban J connectivity index is 0.00000208. The summed E-state index contributed by atoms with van der Waals surface area (Å²) in [4.78, 5) is 0. The molecule has 0 bridgehead atoms. The molecule has 24 heavy (non-hydrogen) atoms. The average Bonchev–Trinajstić information content (AvgIpc) is 3.05. The van der Waals surface area contributed by atoms with Gasteiger partial charge >= 0.3 is 0 Å². The molecule has 0 aliphatic rings. The molecular weight excluding hydrogens is 329 g/mol. The van der Waals surface area contributed by atoms with E-state index in [-0.39, 0.29) is 18.2 Å². The highest BCUT2D eigenvalue weighted by molar-refractivity contribution is 5.85. The summed E-state index contributed by atoms with van der Waals surface area (Å²) in [7, 11) is 0. The zero-order valence-electron chi connectivity index (χ0n) is 13.0. The zero-order valence-corrected chi connectivity index (χ0v) is 13.8. The second kappa shape index (κ2) is 8.64. The molecule has 3 rings (SSSR count). The third-order valence-corrected chi connectivity index (χ3v) is 3.61. The first-order chi connectivity index (χ1) is 11.2. The number of hydrogen-bond acceptors (Lipinski definition) is 3. The fourth-order valence-corrected chi connectivity index (χ4v) is 2.37.